The van der Waals surface area contributed by atoms with Crippen LogP contribution < -0.4 is 14.8 Å². The van der Waals surface area contributed by atoms with Crippen LogP contribution in [0.2, 0.25) is 0 Å². The highest BCUT2D eigenvalue weighted by Gasteiger charge is 2.33. The predicted molar refractivity (Wildman–Crippen MR) is 115 cm³/mol. The Labute approximate surface area is 174 Å². The van der Waals surface area contributed by atoms with Crippen molar-refractivity contribution in [2.45, 2.75) is 52.2 Å². The Bertz CT molecular complexity index is 865. The average Bonchev–Trinajstić information content (AvgIpc) is 2.73. The fourth-order valence-electron chi connectivity index (χ4n) is 4.23. The summed E-state index contributed by atoms with van der Waals surface area (Å²) in [6, 6.07) is 12.7. The normalized spacial score (nSPS) is 17.3. The summed E-state index contributed by atoms with van der Waals surface area (Å²) >= 11 is 0. The number of benzene rings is 2. The van der Waals surface area contributed by atoms with E-state index in [9.17, 15) is 4.79 Å². The van der Waals surface area contributed by atoms with E-state index in [1.165, 1.54) is 22.3 Å². The summed E-state index contributed by atoms with van der Waals surface area (Å²) in [7, 11) is 3.33. The standard InChI is InChI=1S/C24H32N2O3/c1-6-23(27)25-17(3)24-20-14-22(29-5)21(28-4)13-18(20)11-12-26(24)15-19-10-8-7-9-16(19)2/h7-10,13-14,17,24H,6,11-12,15H2,1-5H3,(H,25,27)/t17-,24+/m0/s1. The van der Waals surface area contributed by atoms with Crippen molar-refractivity contribution in [3.8, 4) is 11.5 Å². The minimum Gasteiger partial charge on any atom is -0.493 e. The minimum atomic E-state index is -0.0244. The molecule has 0 fully saturated rings. The van der Waals surface area contributed by atoms with Crippen molar-refractivity contribution >= 4 is 5.91 Å². The molecule has 2 aromatic rings. The first-order valence-corrected chi connectivity index (χ1v) is 10.3. The summed E-state index contributed by atoms with van der Waals surface area (Å²) in [6.45, 7) is 7.90. The summed E-state index contributed by atoms with van der Waals surface area (Å²) in [6.07, 6.45) is 1.42. The number of carbonyl (C=O) groups excluding carboxylic acids is 1. The molecule has 3 rings (SSSR count). The number of amides is 1. The van der Waals surface area contributed by atoms with Gasteiger partial charge in [0.2, 0.25) is 5.91 Å². The Morgan fingerprint density at radius 2 is 1.90 bits per heavy atom. The van der Waals surface area contributed by atoms with Gasteiger partial charge in [-0.1, -0.05) is 31.2 Å². The maximum Gasteiger partial charge on any atom is 0.219 e. The number of ether oxygens (including phenoxy) is 2. The molecule has 0 aromatic heterocycles. The van der Waals surface area contributed by atoms with Gasteiger partial charge < -0.3 is 14.8 Å². The van der Waals surface area contributed by atoms with Crippen LogP contribution in [0.15, 0.2) is 36.4 Å². The lowest BCUT2D eigenvalue weighted by Crippen LogP contribution is -2.47. The molecule has 1 aliphatic heterocycles. The van der Waals surface area contributed by atoms with Crippen LogP contribution in [0.25, 0.3) is 0 Å². The van der Waals surface area contributed by atoms with E-state index < -0.39 is 0 Å². The molecule has 1 N–H and O–H groups in total. The Morgan fingerprint density at radius 1 is 1.21 bits per heavy atom. The zero-order chi connectivity index (χ0) is 21.0. The molecule has 1 heterocycles. The van der Waals surface area contributed by atoms with E-state index >= 15 is 0 Å². The molecule has 5 nitrogen and oxygen atoms in total. The molecule has 1 aliphatic rings. The fraction of sp³-hybridized carbons (Fsp3) is 0.458. The quantitative estimate of drug-likeness (QED) is 0.768. The number of nitrogens with zero attached hydrogens (tertiary/aromatic N) is 1. The summed E-state index contributed by atoms with van der Waals surface area (Å²) in [5.74, 6) is 1.55. The number of carbonyl (C=O) groups is 1. The number of methoxy groups -OCH3 is 2. The summed E-state index contributed by atoms with van der Waals surface area (Å²) < 4.78 is 11.1. The van der Waals surface area contributed by atoms with Crippen LogP contribution in [0.4, 0.5) is 0 Å². The van der Waals surface area contributed by atoms with Crippen LogP contribution in [0.3, 0.4) is 0 Å². The topological polar surface area (TPSA) is 50.8 Å². The number of rotatable bonds is 7. The number of nitrogens with one attached hydrogen (secondary N) is 1. The summed E-state index contributed by atoms with van der Waals surface area (Å²) in [4.78, 5) is 14.6. The van der Waals surface area contributed by atoms with Crippen molar-refractivity contribution in [3.05, 3.63) is 58.7 Å². The molecule has 0 spiro atoms. The molecule has 5 heteroatoms. The smallest absolute Gasteiger partial charge is 0.219 e. The monoisotopic (exact) mass is 396 g/mol. The van der Waals surface area contributed by atoms with E-state index in [1.807, 2.05) is 6.92 Å². The van der Waals surface area contributed by atoms with Crippen molar-refractivity contribution in [2.24, 2.45) is 0 Å². The van der Waals surface area contributed by atoms with Crippen molar-refractivity contribution in [1.29, 1.82) is 0 Å². The zero-order valence-electron chi connectivity index (χ0n) is 18.1. The molecule has 2 aromatic carbocycles. The van der Waals surface area contributed by atoms with Crippen LogP contribution in [0, 0.1) is 6.92 Å². The Kier molecular flexibility index (Phi) is 6.80. The van der Waals surface area contributed by atoms with Crippen LogP contribution in [-0.2, 0) is 17.8 Å². The van der Waals surface area contributed by atoms with Crippen LogP contribution >= 0.6 is 0 Å². The number of aryl methyl sites for hydroxylation is 1. The van der Waals surface area contributed by atoms with Gasteiger partial charge in [-0.3, -0.25) is 9.69 Å². The minimum absolute atomic E-state index is 0.0244. The van der Waals surface area contributed by atoms with Crippen molar-refractivity contribution in [2.75, 3.05) is 20.8 Å². The molecule has 1 amide bonds. The van der Waals surface area contributed by atoms with Crippen molar-refractivity contribution < 1.29 is 14.3 Å². The molecular formula is C24H32N2O3. The van der Waals surface area contributed by atoms with E-state index in [-0.39, 0.29) is 18.0 Å². The molecule has 156 valence electrons. The highest BCUT2D eigenvalue weighted by atomic mass is 16.5. The number of fused-ring (bicyclic) bond motifs is 1. The SMILES string of the molecule is CCC(=O)N[C@@H](C)[C@@H]1c2cc(OC)c(OC)cc2CCN1Cc1ccccc1C. The Morgan fingerprint density at radius 3 is 2.55 bits per heavy atom. The van der Waals surface area contributed by atoms with Gasteiger partial charge in [0.1, 0.15) is 0 Å². The molecule has 0 bridgehead atoms. The molecule has 2 atom stereocenters. The van der Waals surface area contributed by atoms with E-state index in [1.54, 1.807) is 14.2 Å². The maximum absolute atomic E-state index is 12.1. The molecule has 0 unspecified atom stereocenters. The lowest BCUT2D eigenvalue weighted by Gasteiger charge is -2.41. The molecule has 29 heavy (non-hydrogen) atoms. The van der Waals surface area contributed by atoms with E-state index in [0.717, 1.165) is 31.0 Å². The van der Waals surface area contributed by atoms with Gasteiger partial charge in [-0.2, -0.15) is 0 Å². The van der Waals surface area contributed by atoms with E-state index in [4.69, 9.17) is 9.47 Å². The zero-order valence-corrected chi connectivity index (χ0v) is 18.1. The van der Waals surface area contributed by atoms with Gasteiger partial charge in [-0.25, -0.2) is 0 Å². The molecule has 0 radical (unpaired) electrons. The lowest BCUT2D eigenvalue weighted by molar-refractivity contribution is -0.121. The third-order valence-electron chi connectivity index (χ3n) is 5.84. The van der Waals surface area contributed by atoms with Gasteiger partial charge in [-0.05, 0) is 54.7 Å². The van der Waals surface area contributed by atoms with Crippen LogP contribution in [0.5, 0.6) is 11.5 Å². The Balaban J connectivity index is 2.01. The van der Waals surface area contributed by atoms with Gasteiger partial charge in [0, 0.05) is 25.6 Å². The second-order valence-electron chi connectivity index (χ2n) is 7.71. The first-order chi connectivity index (χ1) is 14.0. The second kappa shape index (κ2) is 9.31. The van der Waals surface area contributed by atoms with Crippen LogP contribution in [0.1, 0.15) is 48.6 Å². The van der Waals surface area contributed by atoms with Gasteiger partial charge in [0.25, 0.3) is 0 Å². The maximum atomic E-state index is 12.1. The van der Waals surface area contributed by atoms with Crippen molar-refractivity contribution in [3.63, 3.8) is 0 Å². The largest absolute Gasteiger partial charge is 0.493 e. The second-order valence-corrected chi connectivity index (χ2v) is 7.71. The van der Waals surface area contributed by atoms with E-state index in [2.05, 4.69) is 60.5 Å². The molecular weight excluding hydrogens is 364 g/mol. The third kappa shape index (κ3) is 4.56. The lowest BCUT2D eigenvalue weighted by atomic mass is 9.87. The first kappa shape index (κ1) is 21.2. The Hall–Kier alpha value is -2.53. The molecule has 0 saturated heterocycles. The highest BCUT2D eigenvalue weighted by Crippen LogP contribution is 2.40. The number of hydrogen-bond donors (Lipinski definition) is 1. The van der Waals surface area contributed by atoms with Gasteiger partial charge in [0.05, 0.1) is 20.3 Å². The summed E-state index contributed by atoms with van der Waals surface area (Å²) in [5.41, 5.74) is 5.06. The average molecular weight is 397 g/mol. The van der Waals surface area contributed by atoms with Gasteiger partial charge in [-0.15, -0.1) is 0 Å². The molecule has 0 aliphatic carbocycles. The number of hydrogen-bond acceptors (Lipinski definition) is 4. The van der Waals surface area contributed by atoms with Crippen molar-refractivity contribution in [1.82, 2.24) is 10.2 Å². The first-order valence-electron chi connectivity index (χ1n) is 10.3. The highest BCUT2D eigenvalue weighted by molar-refractivity contribution is 5.76. The van der Waals surface area contributed by atoms with E-state index in [0.29, 0.717) is 6.42 Å². The summed E-state index contributed by atoms with van der Waals surface area (Å²) in [5, 5.41) is 3.18. The third-order valence-corrected chi connectivity index (χ3v) is 5.84. The fourth-order valence-corrected chi connectivity index (χ4v) is 4.23. The van der Waals surface area contributed by atoms with Gasteiger partial charge in [0.15, 0.2) is 11.5 Å². The predicted octanol–water partition coefficient (Wildman–Crippen LogP) is 4.03. The molecule has 0 saturated carbocycles. The van der Waals surface area contributed by atoms with Gasteiger partial charge >= 0.3 is 0 Å². The van der Waals surface area contributed by atoms with Crippen LogP contribution in [-0.4, -0.2) is 37.6 Å².